The van der Waals surface area contributed by atoms with Crippen LogP contribution in [-0.4, -0.2) is 32.0 Å². The lowest BCUT2D eigenvalue weighted by molar-refractivity contribution is -0.118. The lowest BCUT2D eigenvalue weighted by Crippen LogP contribution is -2.19. The summed E-state index contributed by atoms with van der Waals surface area (Å²) in [6.45, 7) is 0.801. The topological polar surface area (TPSA) is 93.4 Å². The van der Waals surface area contributed by atoms with Crippen molar-refractivity contribution in [3.8, 4) is 5.75 Å². The van der Waals surface area contributed by atoms with Crippen LogP contribution in [0.4, 0.5) is 5.69 Å². The van der Waals surface area contributed by atoms with Crippen LogP contribution >= 0.6 is 0 Å². The molecule has 6 nitrogen and oxygen atoms in total. The van der Waals surface area contributed by atoms with Crippen LogP contribution in [0, 0.1) is 0 Å². The lowest BCUT2D eigenvalue weighted by Gasteiger charge is -2.11. The molecular formula is C13H19N3O3. The first kappa shape index (κ1) is 15.0. The van der Waals surface area contributed by atoms with E-state index in [0.717, 1.165) is 0 Å². The number of amides is 2. The number of rotatable bonds is 8. The SMILES string of the molecule is CNCCC(=O)Nc1ccccc1OCCC(N)=O. The normalized spacial score (nSPS) is 9.95. The highest BCUT2D eigenvalue weighted by Crippen LogP contribution is 2.23. The molecule has 19 heavy (non-hydrogen) atoms. The van der Waals surface area contributed by atoms with E-state index < -0.39 is 5.91 Å². The lowest BCUT2D eigenvalue weighted by atomic mass is 10.2. The van der Waals surface area contributed by atoms with Crippen molar-refractivity contribution in [1.29, 1.82) is 0 Å². The van der Waals surface area contributed by atoms with Crippen LogP contribution in [0.5, 0.6) is 5.75 Å². The first-order valence-electron chi connectivity index (χ1n) is 6.08. The van der Waals surface area contributed by atoms with Crippen molar-refractivity contribution in [1.82, 2.24) is 5.32 Å². The maximum Gasteiger partial charge on any atom is 0.225 e. The van der Waals surface area contributed by atoms with Crippen LogP contribution in [0.25, 0.3) is 0 Å². The molecule has 1 aromatic rings. The smallest absolute Gasteiger partial charge is 0.225 e. The Morgan fingerprint density at radius 1 is 1.26 bits per heavy atom. The molecule has 4 N–H and O–H groups in total. The molecule has 0 aliphatic rings. The zero-order valence-corrected chi connectivity index (χ0v) is 10.9. The van der Waals surface area contributed by atoms with E-state index in [2.05, 4.69) is 10.6 Å². The second-order valence-electron chi connectivity index (χ2n) is 3.96. The third-order valence-corrected chi connectivity index (χ3v) is 2.37. The van der Waals surface area contributed by atoms with Gasteiger partial charge in [-0.2, -0.15) is 0 Å². The molecule has 0 aliphatic heterocycles. The van der Waals surface area contributed by atoms with Crippen molar-refractivity contribution in [2.75, 3.05) is 25.5 Å². The number of ether oxygens (including phenoxy) is 1. The number of nitrogens with two attached hydrogens (primary N) is 1. The largest absolute Gasteiger partial charge is 0.491 e. The fourth-order valence-corrected chi connectivity index (χ4v) is 1.41. The van der Waals surface area contributed by atoms with Gasteiger partial charge in [0.2, 0.25) is 11.8 Å². The molecule has 0 bridgehead atoms. The van der Waals surface area contributed by atoms with Gasteiger partial charge in [0.15, 0.2) is 0 Å². The van der Waals surface area contributed by atoms with Crippen LogP contribution in [-0.2, 0) is 9.59 Å². The number of benzene rings is 1. The van der Waals surface area contributed by atoms with Crippen LogP contribution in [0.1, 0.15) is 12.8 Å². The molecule has 1 rings (SSSR count). The first-order chi connectivity index (χ1) is 9.13. The Morgan fingerprint density at radius 3 is 2.68 bits per heavy atom. The second-order valence-corrected chi connectivity index (χ2v) is 3.96. The molecule has 6 heteroatoms. The molecule has 0 unspecified atom stereocenters. The molecule has 0 saturated heterocycles. The van der Waals surface area contributed by atoms with Crippen molar-refractivity contribution in [2.24, 2.45) is 5.73 Å². The van der Waals surface area contributed by atoms with Crippen LogP contribution < -0.4 is 21.1 Å². The number of primary amides is 1. The highest BCUT2D eigenvalue weighted by atomic mass is 16.5. The summed E-state index contributed by atoms with van der Waals surface area (Å²) in [6.07, 6.45) is 0.522. The third-order valence-electron chi connectivity index (χ3n) is 2.37. The molecule has 0 saturated carbocycles. The predicted molar refractivity (Wildman–Crippen MR) is 72.9 cm³/mol. The number of hydrogen-bond acceptors (Lipinski definition) is 4. The maximum absolute atomic E-state index is 11.6. The van der Waals surface area contributed by atoms with Gasteiger partial charge in [0.05, 0.1) is 18.7 Å². The van der Waals surface area contributed by atoms with E-state index in [0.29, 0.717) is 24.4 Å². The van der Waals surface area contributed by atoms with E-state index in [1.807, 2.05) is 0 Å². The molecule has 0 fully saturated rings. The Hall–Kier alpha value is -2.08. The second kappa shape index (κ2) is 8.10. The Bertz CT molecular complexity index is 435. The maximum atomic E-state index is 11.6. The molecule has 1 aromatic carbocycles. The van der Waals surface area contributed by atoms with Crippen molar-refractivity contribution in [3.63, 3.8) is 0 Å². The van der Waals surface area contributed by atoms with Gasteiger partial charge in [-0.1, -0.05) is 12.1 Å². The zero-order valence-electron chi connectivity index (χ0n) is 10.9. The summed E-state index contributed by atoms with van der Waals surface area (Å²) in [6, 6.07) is 7.07. The summed E-state index contributed by atoms with van der Waals surface area (Å²) in [7, 11) is 1.79. The number of anilines is 1. The molecule has 0 aliphatic carbocycles. The number of carbonyl (C=O) groups excluding carboxylic acids is 2. The summed E-state index contributed by atoms with van der Waals surface area (Å²) in [5, 5.41) is 5.67. The van der Waals surface area contributed by atoms with Crippen molar-refractivity contribution in [3.05, 3.63) is 24.3 Å². The number of nitrogens with one attached hydrogen (secondary N) is 2. The summed E-state index contributed by atoms with van der Waals surface area (Å²) >= 11 is 0. The minimum Gasteiger partial charge on any atom is -0.491 e. The number of hydrogen-bond donors (Lipinski definition) is 3. The molecule has 0 aromatic heterocycles. The van der Waals surface area contributed by atoms with E-state index in [1.165, 1.54) is 0 Å². The zero-order chi connectivity index (χ0) is 14.1. The van der Waals surface area contributed by atoms with E-state index >= 15 is 0 Å². The van der Waals surface area contributed by atoms with Crippen LogP contribution in [0.15, 0.2) is 24.3 Å². The molecule has 104 valence electrons. The summed E-state index contributed by atoms with van der Waals surface area (Å²) in [5.74, 6) is 0.0115. The Kier molecular flexibility index (Phi) is 6.38. The van der Waals surface area contributed by atoms with E-state index in [-0.39, 0.29) is 18.9 Å². The van der Waals surface area contributed by atoms with Gasteiger partial charge < -0.3 is 21.1 Å². The van der Waals surface area contributed by atoms with Gasteiger partial charge in [-0.05, 0) is 19.2 Å². The third kappa shape index (κ3) is 5.87. The minimum atomic E-state index is -0.421. The highest BCUT2D eigenvalue weighted by Gasteiger charge is 2.07. The van der Waals surface area contributed by atoms with Crippen molar-refractivity contribution >= 4 is 17.5 Å². The van der Waals surface area contributed by atoms with E-state index in [4.69, 9.17) is 10.5 Å². The average Bonchev–Trinajstić information content (AvgIpc) is 2.38. The summed E-state index contributed by atoms with van der Waals surface area (Å²) in [4.78, 5) is 22.3. The number of carbonyl (C=O) groups is 2. The average molecular weight is 265 g/mol. The molecule has 0 spiro atoms. The molecule has 2 amide bonds. The van der Waals surface area contributed by atoms with E-state index in [1.54, 1.807) is 31.3 Å². The van der Waals surface area contributed by atoms with Gasteiger partial charge in [0.25, 0.3) is 0 Å². The van der Waals surface area contributed by atoms with Gasteiger partial charge in [-0.25, -0.2) is 0 Å². The quantitative estimate of drug-likeness (QED) is 0.637. The molecule has 0 heterocycles. The molecular weight excluding hydrogens is 246 g/mol. The fourth-order valence-electron chi connectivity index (χ4n) is 1.41. The fraction of sp³-hybridized carbons (Fsp3) is 0.385. The van der Waals surface area contributed by atoms with Gasteiger partial charge in [-0.3, -0.25) is 9.59 Å². The van der Waals surface area contributed by atoms with Gasteiger partial charge in [-0.15, -0.1) is 0 Å². The van der Waals surface area contributed by atoms with Crippen molar-refractivity contribution < 1.29 is 14.3 Å². The molecule has 0 radical (unpaired) electrons. The standard InChI is InChI=1S/C13H19N3O3/c1-15-8-6-13(18)16-10-4-2-3-5-11(10)19-9-7-12(14)17/h2-5,15H,6-9H2,1H3,(H2,14,17)(H,16,18). The summed E-state index contributed by atoms with van der Waals surface area (Å²) in [5.41, 5.74) is 5.63. The highest BCUT2D eigenvalue weighted by molar-refractivity contribution is 5.92. The number of para-hydroxylation sites is 2. The Morgan fingerprint density at radius 2 is 2.00 bits per heavy atom. The van der Waals surface area contributed by atoms with Gasteiger partial charge >= 0.3 is 0 Å². The Labute approximate surface area is 112 Å². The van der Waals surface area contributed by atoms with Crippen LogP contribution in [0.2, 0.25) is 0 Å². The van der Waals surface area contributed by atoms with Gasteiger partial charge in [0, 0.05) is 13.0 Å². The minimum absolute atomic E-state index is 0.0969. The molecule has 0 atom stereocenters. The first-order valence-corrected chi connectivity index (χ1v) is 6.08. The predicted octanol–water partition coefficient (Wildman–Crippen LogP) is 0.489. The monoisotopic (exact) mass is 265 g/mol. The summed E-state index contributed by atoms with van der Waals surface area (Å²) < 4.78 is 5.42. The Balaban J connectivity index is 2.57. The van der Waals surface area contributed by atoms with Crippen LogP contribution in [0.3, 0.4) is 0 Å². The van der Waals surface area contributed by atoms with Gasteiger partial charge in [0.1, 0.15) is 5.75 Å². The van der Waals surface area contributed by atoms with E-state index in [9.17, 15) is 9.59 Å². The van der Waals surface area contributed by atoms with Crippen molar-refractivity contribution in [2.45, 2.75) is 12.8 Å².